The van der Waals surface area contributed by atoms with Gasteiger partial charge in [-0.1, -0.05) is 23.7 Å². The molecule has 1 saturated heterocycles. The first-order valence-electron chi connectivity index (χ1n) is 8.50. The summed E-state index contributed by atoms with van der Waals surface area (Å²) in [5.74, 6) is 0.583. The third-order valence-corrected chi connectivity index (χ3v) is 6.34. The molecule has 1 aromatic carbocycles. The van der Waals surface area contributed by atoms with E-state index in [4.69, 9.17) is 16.3 Å². The summed E-state index contributed by atoms with van der Waals surface area (Å²) in [6.45, 7) is 3.94. The Hall–Kier alpha value is -1.36. The van der Waals surface area contributed by atoms with Crippen molar-refractivity contribution in [2.75, 3.05) is 13.2 Å². The number of thiophene rings is 1. The number of rotatable bonds is 3. The summed E-state index contributed by atoms with van der Waals surface area (Å²) in [7, 11) is 0. The number of fused-ring (bicyclic) bond motifs is 1. The standard InChI is InChI=1S/C19H21ClN2OS/c1-12-19-16(10-18(24-19)14-4-6-15(20)7-5-14)17(22-21-12)9-13-3-2-8-23-11-13/h4-7,10,12-13,21H,2-3,8-9,11H2,1H3. The zero-order chi connectivity index (χ0) is 16.5. The van der Waals surface area contributed by atoms with Crippen LogP contribution >= 0.6 is 22.9 Å². The molecule has 3 nitrogen and oxygen atoms in total. The monoisotopic (exact) mass is 360 g/mol. The van der Waals surface area contributed by atoms with Crippen LogP contribution in [0.1, 0.15) is 42.7 Å². The molecular weight excluding hydrogens is 340 g/mol. The van der Waals surface area contributed by atoms with Crippen LogP contribution in [0, 0.1) is 5.92 Å². The highest BCUT2D eigenvalue weighted by Crippen LogP contribution is 2.38. The van der Waals surface area contributed by atoms with Gasteiger partial charge in [0.2, 0.25) is 0 Å². The zero-order valence-corrected chi connectivity index (χ0v) is 15.3. The Balaban J connectivity index is 1.63. The molecule has 0 amide bonds. The van der Waals surface area contributed by atoms with E-state index in [9.17, 15) is 0 Å². The quantitative estimate of drug-likeness (QED) is 0.810. The maximum atomic E-state index is 6.02. The molecule has 2 aliphatic heterocycles. The van der Waals surface area contributed by atoms with Crippen molar-refractivity contribution in [2.24, 2.45) is 11.0 Å². The molecule has 0 radical (unpaired) electrons. The fraction of sp³-hybridized carbons (Fsp3) is 0.421. The van der Waals surface area contributed by atoms with Crippen LogP contribution in [-0.2, 0) is 4.74 Å². The summed E-state index contributed by atoms with van der Waals surface area (Å²) < 4.78 is 5.63. The Morgan fingerprint density at radius 1 is 1.33 bits per heavy atom. The van der Waals surface area contributed by atoms with Crippen LogP contribution in [0.4, 0.5) is 0 Å². The SMILES string of the molecule is CC1NN=C(CC2CCCOC2)c2cc(-c3ccc(Cl)cc3)sc21. The summed E-state index contributed by atoms with van der Waals surface area (Å²) in [6, 6.07) is 10.6. The highest BCUT2D eigenvalue weighted by atomic mass is 35.5. The lowest BCUT2D eigenvalue weighted by Gasteiger charge is -2.25. The van der Waals surface area contributed by atoms with Crippen molar-refractivity contribution < 1.29 is 4.74 Å². The van der Waals surface area contributed by atoms with Crippen molar-refractivity contribution in [2.45, 2.75) is 32.2 Å². The molecule has 1 N–H and O–H groups in total. The Labute approximate surface area is 151 Å². The zero-order valence-electron chi connectivity index (χ0n) is 13.7. The molecule has 24 heavy (non-hydrogen) atoms. The Morgan fingerprint density at radius 3 is 2.92 bits per heavy atom. The smallest absolute Gasteiger partial charge is 0.0760 e. The largest absolute Gasteiger partial charge is 0.381 e. The average Bonchev–Trinajstić information content (AvgIpc) is 3.05. The molecule has 126 valence electrons. The van der Waals surface area contributed by atoms with E-state index in [1.54, 1.807) is 0 Å². The minimum absolute atomic E-state index is 0.261. The third-order valence-electron chi connectivity index (χ3n) is 4.72. The van der Waals surface area contributed by atoms with E-state index < -0.39 is 0 Å². The maximum Gasteiger partial charge on any atom is 0.0760 e. The van der Waals surface area contributed by atoms with Gasteiger partial charge in [0.1, 0.15) is 0 Å². The predicted molar refractivity (Wildman–Crippen MR) is 101 cm³/mol. The highest BCUT2D eigenvalue weighted by molar-refractivity contribution is 7.16. The van der Waals surface area contributed by atoms with Gasteiger partial charge in [-0.3, -0.25) is 0 Å². The molecule has 1 aromatic heterocycles. The van der Waals surface area contributed by atoms with Crippen LogP contribution < -0.4 is 5.43 Å². The molecule has 2 unspecified atom stereocenters. The van der Waals surface area contributed by atoms with E-state index in [1.165, 1.54) is 33.0 Å². The molecule has 0 aliphatic carbocycles. The van der Waals surface area contributed by atoms with Gasteiger partial charge in [0.05, 0.1) is 11.8 Å². The van der Waals surface area contributed by atoms with Crippen LogP contribution in [0.15, 0.2) is 35.4 Å². The number of nitrogens with one attached hydrogen (secondary N) is 1. The first-order valence-corrected chi connectivity index (χ1v) is 9.70. The second-order valence-corrected chi connectivity index (χ2v) is 8.11. The number of nitrogens with zero attached hydrogens (tertiary/aromatic N) is 1. The first-order chi connectivity index (χ1) is 11.7. The molecule has 4 rings (SSSR count). The van der Waals surface area contributed by atoms with Crippen molar-refractivity contribution in [1.82, 2.24) is 5.43 Å². The van der Waals surface area contributed by atoms with Gasteiger partial charge in [-0.05, 0) is 55.9 Å². The third kappa shape index (κ3) is 3.23. The van der Waals surface area contributed by atoms with E-state index in [1.807, 2.05) is 23.5 Å². The van der Waals surface area contributed by atoms with Crippen LogP contribution in [0.25, 0.3) is 10.4 Å². The van der Waals surface area contributed by atoms with E-state index in [2.05, 4.69) is 35.7 Å². The fourth-order valence-electron chi connectivity index (χ4n) is 3.40. The second kappa shape index (κ2) is 6.87. The van der Waals surface area contributed by atoms with Crippen LogP contribution in [0.5, 0.6) is 0 Å². The van der Waals surface area contributed by atoms with E-state index in [0.29, 0.717) is 5.92 Å². The highest BCUT2D eigenvalue weighted by Gasteiger charge is 2.26. The molecule has 2 aromatic rings. The Bertz CT molecular complexity index is 747. The Kier molecular flexibility index (Phi) is 4.61. The van der Waals surface area contributed by atoms with Crippen molar-refractivity contribution in [3.63, 3.8) is 0 Å². The topological polar surface area (TPSA) is 33.6 Å². The lowest BCUT2D eigenvalue weighted by Crippen LogP contribution is -2.26. The van der Waals surface area contributed by atoms with Crippen molar-refractivity contribution in [1.29, 1.82) is 0 Å². The molecule has 0 saturated carbocycles. The molecular formula is C19H21ClN2OS. The van der Waals surface area contributed by atoms with Gasteiger partial charge in [0, 0.05) is 33.6 Å². The van der Waals surface area contributed by atoms with Crippen LogP contribution in [0.3, 0.4) is 0 Å². The molecule has 2 atom stereocenters. The van der Waals surface area contributed by atoms with Gasteiger partial charge in [0.15, 0.2) is 0 Å². The maximum absolute atomic E-state index is 6.02. The van der Waals surface area contributed by atoms with E-state index in [0.717, 1.165) is 31.1 Å². The van der Waals surface area contributed by atoms with Gasteiger partial charge < -0.3 is 10.2 Å². The minimum Gasteiger partial charge on any atom is -0.381 e. The lowest BCUT2D eigenvalue weighted by atomic mass is 9.92. The summed E-state index contributed by atoms with van der Waals surface area (Å²) >= 11 is 7.87. The van der Waals surface area contributed by atoms with Gasteiger partial charge in [-0.15, -0.1) is 11.3 Å². The molecule has 5 heteroatoms. The molecule has 0 spiro atoms. The summed E-state index contributed by atoms with van der Waals surface area (Å²) in [5.41, 5.74) is 6.99. The molecule has 2 aliphatic rings. The average molecular weight is 361 g/mol. The number of hydrogen-bond donors (Lipinski definition) is 1. The van der Waals surface area contributed by atoms with E-state index >= 15 is 0 Å². The van der Waals surface area contributed by atoms with Crippen molar-refractivity contribution in [3.8, 4) is 10.4 Å². The lowest BCUT2D eigenvalue weighted by molar-refractivity contribution is 0.0574. The summed E-state index contributed by atoms with van der Waals surface area (Å²) in [4.78, 5) is 2.65. The van der Waals surface area contributed by atoms with Gasteiger partial charge in [-0.2, -0.15) is 5.10 Å². The number of ether oxygens (including phenoxy) is 1. The number of benzene rings is 1. The van der Waals surface area contributed by atoms with Gasteiger partial charge >= 0.3 is 0 Å². The van der Waals surface area contributed by atoms with Gasteiger partial charge in [-0.25, -0.2) is 0 Å². The summed E-state index contributed by atoms with van der Waals surface area (Å²) in [5, 5.41) is 5.44. The van der Waals surface area contributed by atoms with Crippen LogP contribution in [0.2, 0.25) is 5.02 Å². The first kappa shape index (κ1) is 16.1. The fourth-order valence-corrected chi connectivity index (χ4v) is 4.71. The molecule has 0 bridgehead atoms. The van der Waals surface area contributed by atoms with E-state index in [-0.39, 0.29) is 6.04 Å². The van der Waals surface area contributed by atoms with Crippen LogP contribution in [-0.4, -0.2) is 18.9 Å². The van der Waals surface area contributed by atoms with Crippen molar-refractivity contribution in [3.05, 3.63) is 45.8 Å². The Morgan fingerprint density at radius 2 is 2.17 bits per heavy atom. The number of hydrogen-bond acceptors (Lipinski definition) is 4. The second-order valence-electron chi connectivity index (χ2n) is 6.59. The normalized spacial score (nSPS) is 23.3. The van der Waals surface area contributed by atoms with Gasteiger partial charge in [0.25, 0.3) is 0 Å². The number of hydrazone groups is 1. The summed E-state index contributed by atoms with van der Waals surface area (Å²) in [6.07, 6.45) is 3.38. The molecule has 3 heterocycles. The predicted octanol–water partition coefficient (Wildman–Crippen LogP) is 5.25. The number of halogens is 1. The molecule has 1 fully saturated rings. The van der Waals surface area contributed by atoms with Crippen molar-refractivity contribution >= 4 is 28.6 Å². The minimum atomic E-state index is 0.261.